The van der Waals surface area contributed by atoms with Crippen LogP contribution in [0.3, 0.4) is 0 Å². The van der Waals surface area contributed by atoms with Gasteiger partial charge in [0.15, 0.2) is 0 Å². The topological polar surface area (TPSA) is 83.5 Å². The van der Waals surface area contributed by atoms with Gasteiger partial charge in [0.1, 0.15) is 18.0 Å². The lowest BCUT2D eigenvalue weighted by molar-refractivity contribution is -0.107. The Kier molecular flexibility index (Phi) is 6.08. The smallest absolute Gasteiger partial charge is 0.215 e. The first-order valence-electron chi connectivity index (χ1n) is 8.71. The van der Waals surface area contributed by atoms with Crippen molar-refractivity contribution < 1.29 is 9.53 Å². The maximum absolute atomic E-state index is 11.5. The molecule has 0 spiro atoms. The van der Waals surface area contributed by atoms with Crippen LogP contribution in [-0.2, 0) is 9.53 Å². The van der Waals surface area contributed by atoms with Gasteiger partial charge < -0.3 is 10.1 Å². The largest absolute Gasteiger partial charge is 0.379 e. The Balaban J connectivity index is 1.67. The second kappa shape index (κ2) is 8.68. The highest BCUT2D eigenvalue weighted by Crippen LogP contribution is 2.20. The first kappa shape index (κ1) is 18.2. The highest BCUT2D eigenvalue weighted by molar-refractivity contribution is 5.74. The Morgan fingerprint density at radius 2 is 2.08 bits per heavy atom. The van der Waals surface area contributed by atoms with E-state index in [0.29, 0.717) is 18.2 Å². The van der Waals surface area contributed by atoms with E-state index < -0.39 is 0 Å². The van der Waals surface area contributed by atoms with Crippen LogP contribution >= 0.6 is 0 Å². The number of anilines is 3. The number of hydrogen-bond donors (Lipinski definition) is 1. The number of carbonyl (C=O) groups excluding carboxylic acids is 1. The second-order valence-corrected chi connectivity index (χ2v) is 6.22. The third-order valence-electron chi connectivity index (χ3n) is 4.32. The molecule has 3 rings (SSSR count). The van der Waals surface area contributed by atoms with Crippen molar-refractivity contribution in [2.24, 2.45) is 0 Å². The summed E-state index contributed by atoms with van der Waals surface area (Å²) in [5, 5.41) is 3.24. The fraction of sp³-hybridized carbons (Fsp3) is 0.444. The molecule has 1 aliphatic heterocycles. The van der Waals surface area contributed by atoms with Crippen molar-refractivity contribution in [1.82, 2.24) is 19.9 Å². The van der Waals surface area contributed by atoms with Crippen LogP contribution < -0.4 is 10.2 Å². The lowest BCUT2D eigenvalue weighted by Crippen LogP contribution is -2.41. The molecule has 1 N–H and O–H groups in total. The number of hydrogen-bond acceptors (Lipinski definition) is 7. The standard InChI is InChI=1S/C18H24N6O2/c1-14-3-4-16(15(2)21-14)22-17-11-18(20-12-19-17)24(13-25)6-5-23-7-9-26-10-8-23/h3-4,11-13H,5-10H2,1-2H3,(H,19,20,22). The second-order valence-electron chi connectivity index (χ2n) is 6.22. The lowest BCUT2D eigenvalue weighted by Gasteiger charge is -2.28. The van der Waals surface area contributed by atoms with Crippen LogP contribution in [0.2, 0.25) is 0 Å². The molecule has 0 aromatic carbocycles. The number of pyridine rings is 1. The molecule has 0 saturated carbocycles. The van der Waals surface area contributed by atoms with E-state index in [1.165, 1.54) is 6.33 Å². The number of carbonyl (C=O) groups is 1. The Bertz CT molecular complexity index is 748. The van der Waals surface area contributed by atoms with Crippen LogP contribution in [0.15, 0.2) is 24.5 Å². The van der Waals surface area contributed by atoms with Gasteiger partial charge in [0.05, 0.1) is 24.6 Å². The number of aryl methyl sites for hydroxylation is 2. The molecule has 0 radical (unpaired) electrons. The molecule has 0 unspecified atom stereocenters. The van der Waals surface area contributed by atoms with Crippen molar-refractivity contribution in [2.45, 2.75) is 13.8 Å². The minimum Gasteiger partial charge on any atom is -0.379 e. The number of morpholine rings is 1. The predicted molar refractivity (Wildman–Crippen MR) is 99.7 cm³/mol. The van der Waals surface area contributed by atoms with E-state index in [1.54, 1.807) is 11.0 Å². The van der Waals surface area contributed by atoms with Crippen molar-refractivity contribution in [1.29, 1.82) is 0 Å². The molecular formula is C18H24N6O2. The molecule has 0 atom stereocenters. The molecule has 8 nitrogen and oxygen atoms in total. The molecule has 26 heavy (non-hydrogen) atoms. The number of nitrogens with one attached hydrogen (secondary N) is 1. The van der Waals surface area contributed by atoms with E-state index in [1.807, 2.05) is 26.0 Å². The Hall–Kier alpha value is -2.58. The molecule has 3 heterocycles. The summed E-state index contributed by atoms with van der Waals surface area (Å²) in [5.74, 6) is 1.20. The summed E-state index contributed by atoms with van der Waals surface area (Å²) in [6, 6.07) is 5.68. The van der Waals surface area contributed by atoms with Gasteiger partial charge in [-0.25, -0.2) is 9.97 Å². The van der Waals surface area contributed by atoms with Gasteiger partial charge in [-0.15, -0.1) is 0 Å². The third kappa shape index (κ3) is 4.74. The fourth-order valence-electron chi connectivity index (χ4n) is 2.82. The zero-order chi connectivity index (χ0) is 18.4. The Labute approximate surface area is 153 Å². The SMILES string of the molecule is Cc1ccc(Nc2cc(N(C=O)CCN3CCOCC3)ncn2)c(C)n1. The maximum atomic E-state index is 11.5. The summed E-state index contributed by atoms with van der Waals surface area (Å²) in [4.78, 5) is 28.3. The van der Waals surface area contributed by atoms with Gasteiger partial charge >= 0.3 is 0 Å². The third-order valence-corrected chi connectivity index (χ3v) is 4.32. The van der Waals surface area contributed by atoms with E-state index in [-0.39, 0.29) is 0 Å². The van der Waals surface area contributed by atoms with Crippen molar-refractivity contribution in [3.8, 4) is 0 Å². The highest BCUT2D eigenvalue weighted by Gasteiger charge is 2.14. The molecule has 1 aliphatic rings. The fourth-order valence-corrected chi connectivity index (χ4v) is 2.82. The van der Waals surface area contributed by atoms with Crippen LogP contribution in [0.25, 0.3) is 0 Å². The van der Waals surface area contributed by atoms with Crippen LogP contribution in [0, 0.1) is 13.8 Å². The lowest BCUT2D eigenvalue weighted by atomic mass is 10.2. The minimum absolute atomic E-state index is 0.573. The molecule has 1 saturated heterocycles. The average Bonchev–Trinajstić information content (AvgIpc) is 2.66. The first-order valence-corrected chi connectivity index (χ1v) is 8.71. The van der Waals surface area contributed by atoms with E-state index in [0.717, 1.165) is 56.3 Å². The Morgan fingerprint density at radius 1 is 1.27 bits per heavy atom. The van der Waals surface area contributed by atoms with Crippen molar-refractivity contribution in [2.75, 3.05) is 49.6 Å². The van der Waals surface area contributed by atoms with Gasteiger partial charge in [0.25, 0.3) is 0 Å². The van der Waals surface area contributed by atoms with Gasteiger partial charge in [-0.3, -0.25) is 19.6 Å². The summed E-state index contributed by atoms with van der Waals surface area (Å²) in [6.07, 6.45) is 2.27. The number of ether oxygens (including phenoxy) is 1. The molecule has 0 aliphatic carbocycles. The van der Waals surface area contributed by atoms with Crippen LogP contribution in [0.4, 0.5) is 17.3 Å². The minimum atomic E-state index is 0.573. The summed E-state index contributed by atoms with van der Waals surface area (Å²) in [7, 11) is 0. The van der Waals surface area contributed by atoms with Gasteiger partial charge in [-0.2, -0.15) is 0 Å². The monoisotopic (exact) mass is 356 g/mol. The van der Waals surface area contributed by atoms with Crippen LogP contribution in [-0.4, -0.2) is 65.7 Å². The molecule has 1 fully saturated rings. The number of nitrogens with zero attached hydrogens (tertiary/aromatic N) is 5. The quantitative estimate of drug-likeness (QED) is 0.753. The molecule has 0 bridgehead atoms. The zero-order valence-corrected chi connectivity index (χ0v) is 15.2. The number of amides is 1. The maximum Gasteiger partial charge on any atom is 0.215 e. The van der Waals surface area contributed by atoms with E-state index in [2.05, 4.69) is 25.2 Å². The average molecular weight is 356 g/mol. The number of rotatable bonds is 7. The van der Waals surface area contributed by atoms with Crippen molar-refractivity contribution in [3.63, 3.8) is 0 Å². The normalized spacial score (nSPS) is 14.8. The van der Waals surface area contributed by atoms with Crippen LogP contribution in [0.5, 0.6) is 0 Å². The summed E-state index contributed by atoms with van der Waals surface area (Å²) in [6.45, 7) is 8.53. The van der Waals surface area contributed by atoms with Gasteiger partial charge in [-0.1, -0.05) is 0 Å². The van der Waals surface area contributed by atoms with Gasteiger partial charge in [0, 0.05) is 37.9 Å². The Morgan fingerprint density at radius 3 is 2.81 bits per heavy atom. The van der Waals surface area contributed by atoms with E-state index >= 15 is 0 Å². The van der Waals surface area contributed by atoms with E-state index in [9.17, 15) is 4.79 Å². The predicted octanol–water partition coefficient (Wildman–Crippen LogP) is 1.53. The number of aromatic nitrogens is 3. The van der Waals surface area contributed by atoms with Crippen molar-refractivity contribution in [3.05, 3.63) is 35.9 Å². The molecule has 138 valence electrons. The van der Waals surface area contributed by atoms with Gasteiger partial charge in [0.2, 0.25) is 6.41 Å². The van der Waals surface area contributed by atoms with Crippen molar-refractivity contribution >= 4 is 23.7 Å². The summed E-state index contributed by atoms with van der Waals surface area (Å²) in [5.41, 5.74) is 2.74. The van der Waals surface area contributed by atoms with Gasteiger partial charge in [-0.05, 0) is 26.0 Å². The molecule has 2 aromatic heterocycles. The van der Waals surface area contributed by atoms with E-state index in [4.69, 9.17) is 4.74 Å². The molecule has 2 aromatic rings. The summed E-state index contributed by atoms with van der Waals surface area (Å²) < 4.78 is 5.35. The molecule has 1 amide bonds. The molecule has 8 heteroatoms. The summed E-state index contributed by atoms with van der Waals surface area (Å²) >= 11 is 0. The molecular weight excluding hydrogens is 332 g/mol. The first-order chi connectivity index (χ1) is 12.7. The highest BCUT2D eigenvalue weighted by atomic mass is 16.5. The van der Waals surface area contributed by atoms with Crippen LogP contribution in [0.1, 0.15) is 11.4 Å². The zero-order valence-electron chi connectivity index (χ0n) is 15.2.